The number of carbonyl (C=O) groups is 1. The second-order valence-electron chi connectivity index (χ2n) is 5.56. The summed E-state index contributed by atoms with van der Waals surface area (Å²) in [6.45, 7) is 1.72. The Bertz CT molecular complexity index is 736. The van der Waals surface area contributed by atoms with Gasteiger partial charge in [-0.05, 0) is 24.1 Å². The van der Waals surface area contributed by atoms with Gasteiger partial charge in [0.05, 0.1) is 5.92 Å². The monoisotopic (exact) mass is 307 g/mol. The Morgan fingerprint density at radius 2 is 1.78 bits per heavy atom. The molecule has 0 spiro atoms. The average Bonchev–Trinajstić information content (AvgIpc) is 2.55. The maximum absolute atomic E-state index is 11.4. The van der Waals surface area contributed by atoms with Gasteiger partial charge in [0.1, 0.15) is 0 Å². The van der Waals surface area contributed by atoms with E-state index in [1.807, 2.05) is 50.5 Å². The van der Waals surface area contributed by atoms with Crippen LogP contribution in [-0.4, -0.2) is 25.2 Å². The molecule has 0 heterocycles. The molecule has 0 amide bonds. The second-order valence-corrected chi connectivity index (χ2v) is 5.56. The molecule has 1 atom stereocenters. The molecule has 1 N–H and O–H groups in total. The van der Waals surface area contributed by atoms with E-state index in [2.05, 4.69) is 28.9 Å². The van der Waals surface area contributed by atoms with Crippen molar-refractivity contribution in [3.8, 4) is 23.0 Å². The number of aliphatic carboxylic acids is 1. The maximum Gasteiger partial charge on any atom is 0.311 e. The number of carboxylic acids is 1. The van der Waals surface area contributed by atoms with Crippen molar-refractivity contribution in [2.75, 3.05) is 19.0 Å². The predicted octanol–water partition coefficient (Wildman–Crippen LogP) is 4.00. The number of benzene rings is 2. The fourth-order valence-electron chi connectivity index (χ4n) is 2.55. The summed E-state index contributed by atoms with van der Waals surface area (Å²) in [5.74, 6) is 4.20. The lowest BCUT2D eigenvalue weighted by Gasteiger charge is -2.18. The first kappa shape index (κ1) is 16.6. The van der Waals surface area contributed by atoms with Gasteiger partial charge < -0.3 is 10.0 Å². The topological polar surface area (TPSA) is 40.5 Å². The van der Waals surface area contributed by atoms with Crippen molar-refractivity contribution in [2.24, 2.45) is 0 Å². The molecule has 0 saturated carbocycles. The summed E-state index contributed by atoms with van der Waals surface area (Å²) >= 11 is 0. The van der Waals surface area contributed by atoms with E-state index in [1.54, 1.807) is 6.92 Å². The van der Waals surface area contributed by atoms with E-state index < -0.39 is 11.9 Å². The largest absolute Gasteiger partial charge is 0.481 e. The molecule has 2 aromatic carbocycles. The van der Waals surface area contributed by atoms with Crippen molar-refractivity contribution in [2.45, 2.75) is 19.3 Å². The van der Waals surface area contributed by atoms with Gasteiger partial charge in [-0.2, -0.15) is 0 Å². The van der Waals surface area contributed by atoms with Crippen LogP contribution in [0.3, 0.4) is 0 Å². The lowest BCUT2D eigenvalue weighted by molar-refractivity contribution is -0.138. The van der Waals surface area contributed by atoms with E-state index in [0.29, 0.717) is 6.42 Å². The van der Waals surface area contributed by atoms with Crippen molar-refractivity contribution < 1.29 is 9.90 Å². The molecule has 0 radical (unpaired) electrons. The normalized spacial score (nSPS) is 11.3. The molecule has 23 heavy (non-hydrogen) atoms. The van der Waals surface area contributed by atoms with E-state index in [-0.39, 0.29) is 0 Å². The van der Waals surface area contributed by atoms with Crippen molar-refractivity contribution >= 4 is 11.7 Å². The fourth-order valence-corrected chi connectivity index (χ4v) is 2.55. The molecule has 0 bridgehead atoms. The third-order valence-corrected chi connectivity index (χ3v) is 3.79. The molecule has 1 unspecified atom stereocenters. The number of anilines is 1. The zero-order valence-electron chi connectivity index (χ0n) is 13.7. The van der Waals surface area contributed by atoms with Crippen LogP contribution in [-0.2, 0) is 4.79 Å². The summed E-state index contributed by atoms with van der Waals surface area (Å²) in [5, 5.41) is 9.38. The summed E-state index contributed by atoms with van der Waals surface area (Å²) in [6, 6.07) is 15.9. The number of para-hydroxylation sites is 1. The highest BCUT2D eigenvalue weighted by Crippen LogP contribution is 2.31. The highest BCUT2D eigenvalue weighted by Gasteiger charge is 2.18. The summed E-state index contributed by atoms with van der Waals surface area (Å²) in [6.07, 6.45) is 0.333. The third kappa shape index (κ3) is 3.92. The van der Waals surface area contributed by atoms with Crippen molar-refractivity contribution in [1.29, 1.82) is 0 Å². The average molecular weight is 307 g/mol. The van der Waals surface area contributed by atoms with E-state index in [9.17, 15) is 9.90 Å². The molecule has 0 aliphatic carbocycles. The Morgan fingerprint density at radius 1 is 1.13 bits per heavy atom. The minimum absolute atomic E-state index is 0.333. The first-order valence-electron chi connectivity index (χ1n) is 7.53. The van der Waals surface area contributed by atoms with Gasteiger partial charge in [0.15, 0.2) is 0 Å². The van der Waals surface area contributed by atoms with Crippen molar-refractivity contribution in [3.05, 3.63) is 54.1 Å². The number of nitrogens with zero attached hydrogens (tertiary/aromatic N) is 1. The van der Waals surface area contributed by atoms with E-state index in [0.717, 1.165) is 22.4 Å². The predicted molar refractivity (Wildman–Crippen MR) is 94.6 cm³/mol. The van der Waals surface area contributed by atoms with Gasteiger partial charge in [0, 0.05) is 31.8 Å². The molecule has 2 rings (SSSR count). The highest BCUT2D eigenvalue weighted by atomic mass is 16.4. The fraction of sp³-hybridized carbons (Fsp3) is 0.250. The van der Waals surface area contributed by atoms with Crippen molar-refractivity contribution in [1.82, 2.24) is 0 Å². The molecule has 0 aromatic heterocycles. The van der Waals surface area contributed by atoms with Gasteiger partial charge in [-0.15, -0.1) is 11.8 Å². The summed E-state index contributed by atoms with van der Waals surface area (Å²) in [5.41, 5.74) is 4.12. The summed E-state index contributed by atoms with van der Waals surface area (Å²) < 4.78 is 0. The maximum atomic E-state index is 11.4. The molecule has 3 nitrogen and oxygen atoms in total. The molecule has 0 aliphatic rings. The Balaban J connectivity index is 2.35. The molecule has 0 aliphatic heterocycles. The SMILES string of the molecule is CC#CCC(C(=O)O)c1ccc(-c2ccccc2N(C)C)cc1. The Kier molecular flexibility index (Phi) is 5.43. The second kappa shape index (κ2) is 7.51. The standard InChI is InChI=1S/C20H21NO2/c1-4-5-8-18(20(22)23)16-13-11-15(12-14-16)17-9-6-7-10-19(17)21(2)3/h6-7,9-14,18H,8H2,1-3H3,(H,22,23). The molecular formula is C20H21NO2. The molecule has 0 saturated heterocycles. The Morgan fingerprint density at radius 3 is 2.35 bits per heavy atom. The van der Waals surface area contributed by atoms with Gasteiger partial charge >= 0.3 is 5.97 Å². The van der Waals surface area contributed by atoms with Gasteiger partial charge in [-0.25, -0.2) is 0 Å². The zero-order valence-corrected chi connectivity index (χ0v) is 13.7. The first-order valence-corrected chi connectivity index (χ1v) is 7.53. The van der Waals surface area contributed by atoms with Crippen LogP contribution in [0.5, 0.6) is 0 Å². The molecular weight excluding hydrogens is 286 g/mol. The van der Waals surface area contributed by atoms with Crippen LogP contribution >= 0.6 is 0 Å². The number of hydrogen-bond donors (Lipinski definition) is 1. The smallest absolute Gasteiger partial charge is 0.311 e. The molecule has 0 fully saturated rings. The Hall–Kier alpha value is -2.73. The summed E-state index contributed by atoms with van der Waals surface area (Å²) in [4.78, 5) is 13.5. The minimum atomic E-state index is -0.839. The Labute approximate surface area is 137 Å². The van der Waals surface area contributed by atoms with Gasteiger partial charge in [0.2, 0.25) is 0 Å². The quantitative estimate of drug-likeness (QED) is 0.849. The van der Waals surface area contributed by atoms with Crippen molar-refractivity contribution in [3.63, 3.8) is 0 Å². The highest BCUT2D eigenvalue weighted by molar-refractivity contribution is 5.80. The van der Waals surface area contributed by atoms with E-state index in [4.69, 9.17) is 0 Å². The van der Waals surface area contributed by atoms with Crippen LogP contribution in [0.25, 0.3) is 11.1 Å². The van der Waals surface area contributed by atoms with Gasteiger partial charge in [0.25, 0.3) is 0 Å². The number of carboxylic acid groups (broad SMARTS) is 1. The van der Waals surface area contributed by atoms with Crippen LogP contribution in [0, 0.1) is 11.8 Å². The van der Waals surface area contributed by atoms with Crippen LogP contribution in [0.2, 0.25) is 0 Å². The molecule has 118 valence electrons. The number of rotatable bonds is 5. The van der Waals surface area contributed by atoms with Gasteiger partial charge in [-0.1, -0.05) is 42.5 Å². The van der Waals surface area contributed by atoms with Crippen LogP contribution < -0.4 is 4.90 Å². The van der Waals surface area contributed by atoms with E-state index >= 15 is 0 Å². The minimum Gasteiger partial charge on any atom is -0.481 e. The van der Waals surface area contributed by atoms with Gasteiger partial charge in [-0.3, -0.25) is 4.79 Å². The molecule has 2 aromatic rings. The van der Waals surface area contributed by atoms with E-state index in [1.165, 1.54) is 0 Å². The summed E-state index contributed by atoms with van der Waals surface area (Å²) in [7, 11) is 4.02. The van der Waals surface area contributed by atoms with Crippen LogP contribution in [0.1, 0.15) is 24.8 Å². The first-order chi connectivity index (χ1) is 11.0. The lowest BCUT2D eigenvalue weighted by atomic mass is 9.93. The van der Waals surface area contributed by atoms with Crippen LogP contribution in [0.4, 0.5) is 5.69 Å². The third-order valence-electron chi connectivity index (χ3n) is 3.79. The molecule has 3 heteroatoms. The zero-order chi connectivity index (χ0) is 16.8. The van der Waals surface area contributed by atoms with Crippen LogP contribution in [0.15, 0.2) is 48.5 Å². The lowest BCUT2D eigenvalue weighted by Crippen LogP contribution is -2.11. The number of hydrogen-bond acceptors (Lipinski definition) is 2.